The summed E-state index contributed by atoms with van der Waals surface area (Å²) >= 11 is 0. The van der Waals surface area contributed by atoms with E-state index >= 15 is 0 Å². The maximum Gasteiger partial charge on any atom is 0.241 e. The summed E-state index contributed by atoms with van der Waals surface area (Å²) in [5.41, 5.74) is 0.933. The van der Waals surface area contributed by atoms with Crippen LogP contribution in [0.3, 0.4) is 0 Å². The number of hydrogen-bond acceptors (Lipinski definition) is 4. The minimum absolute atomic E-state index is 0.100. The minimum atomic E-state index is -3.36. The number of piperidine rings is 1. The van der Waals surface area contributed by atoms with Crippen LogP contribution in [0.5, 0.6) is 0 Å². The predicted octanol–water partition coefficient (Wildman–Crippen LogP) is 1.63. The van der Waals surface area contributed by atoms with Crippen LogP contribution in [0.2, 0.25) is 0 Å². The summed E-state index contributed by atoms with van der Waals surface area (Å²) < 4.78 is 26.3. The van der Waals surface area contributed by atoms with Gasteiger partial charge < -0.3 is 4.90 Å². The quantitative estimate of drug-likeness (QED) is 0.790. The van der Waals surface area contributed by atoms with E-state index in [1.165, 1.54) is 4.31 Å². The van der Waals surface area contributed by atoms with E-state index in [1.807, 2.05) is 19.1 Å². The van der Waals surface area contributed by atoms with E-state index in [-0.39, 0.29) is 11.7 Å². The Labute approximate surface area is 138 Å². The first-order valence-electron chi connectivity index (χ1n) is 8.09. The molecule has 1 fully saturated rings. The molecule has 0 radical (unpaired) electrons. The Hall–Kier alpha value is -1.47. The predicted molar refractivity (Wildman–Crippen MR) is 89.1 cm³/mol. The number of nitrogens with zero attached hydrogens (tertiary/aromatic N) is 3. The van der Waals surface area contributed by atoms with Crippen LogP contribution in [-0.2, 0) is 21.4 Å². The van der Waals surface area contributed by atoms with Crippen LogP contribution >= 0.6 is 0 Å². The highest BCUT2D eigenvalue weighted by Crippen LogP contribution is 2.23. The lowest BCUT2D eigenvalue weighted by Gasteiger charge is -2.35. The highest BCUT2D eigenvalue weighted by molar-refractivity contribution is 7.89. The summed E-state index contributed by atoms with van der Waals surface area (Å²) in [7, 11) is -1.64. The molecule has 1 aliphatic heterocycles. The fourth-order valence-corrected chi connectivity index (χ4v) is 4.70. The van der Waals surface area contributed by atoms with E-state index in [1.54, 1.807) is 24.3 Å². The monoisotopic (exact) mass is 339 g/mol. The Balaban J connectivity index is 2.11. The average molecular weight is 339 g/mol. The molecule has 0 N–H and O–H groups in total. The number of hydrogen-bond donors (Lipinski definition) is 0. The highest BCUT2D eigenvalue weighted by Gasteiger charge is 2.37. The second-order valence-corrected chi connectivity index (χ2v) is 8.03. The summed E-state index contributed by atoms with van der Waals surface area (Å²) in [6.45, 7) is 2.72. The van der Waals surface area contributed by atoms with Crippen molar-refractivity contribution in [3.05, 3.63) is 30.1 Å². The zero-order chi connectivity index (χ0) is 16.9. The van der Waals surface area contributed by atoms with Gasteiger partial charge in [0.15, 0.2) is 0 Å². The summed E-state index contributed by atoms with van der Waals surface area (Å²) in [4.78, 5) is 18.4. The number of pyridine rings is 1. The van der Waals surface area contributed by atoms with Gasteiger partial charge in [-0.2, -0.15) is 4.31 Å². The smallest absolute Gasteiger partial charge is 0.241 e. The summed E-state index contributed by atoms with van der Waals surface area (Å²) in [6.07, 6.45) is 6.26. The van der Waals surface area contributed by atoms with E-state index in [0.29, 0.717) is 25.9 Å². The third-order valence-corrected chi connectivity index (χ3v) is 6.15. The number of carbonyl (C=O) groups excluding carboxylic acids is 1. The van der Waals surface area contributed by atoms with Gasteiger partial charge in [-0.1, -0.05) is 19.4 Å². The van der Waals surface area contributed by atoms with Gasteiger partial charge >= 0.3 is 0 Å². The Morgan fingerprint density at radius 1 is 1.43 bits per heavy atom. The molecule has 1 saturated heterocycles. The van der Waals surface area contributed by atoms with Gasteiger partial charge in [0, 0.05) is 32.5 Å². The maximum absolute atomic E-state index is 12.8. The average Bonchev–Trinajstić information content (AvgIpc) is 2.55. The molecule has 1 atom stereocenters. The zero-order valence-corrected chi connectivity index (χ0v) is 14.6. The van der Waals surface area contributed by atoms with Crippen LogP contribution < -0.4 is 0 Å². The summed E-state index contributed by atoms with van der Waals surface area (Å²) in [5, 5.41) is 0. The second kappa shape index (κ2) is 7.88. The van der Waals surface area contributed by atoms with Crippen molar-refractivity contribution < 1.29 is 13.2 Å². The molecular formula is C16H25N3O3S. The lowest BCUT2D eigenvalue weighted by Crippen LogP contribution is -2.52. The normalized spacial score (nSPS) is 19.5. The van der Waals surface area contributed by atoms with E-state index in [0.717, 1.165) is 18.4 Å². The SMILES string of the molecule is CCCS(=O)(=O)N1CCCCC1C(=O)N(C)Cc1cccnc1. The zero-order valence-electron chi connectivity index (χ0n) is 13.8. The van der Waals surface area contributed by atoms with Crippen molar-refractivity contribution in [2.45, 2.75) is 45.2 Å². The van der Waals surface area contributed by atoms with Gasteiger partial charge in [-0.05, 0) is 30.9 Å². The van der Waals surface area contributed by atoms with E-state index in [9.17, 15) is 13.2 Å². The third kappa shape index (κ3) is 4.51. The molecule has 7 heteroatoms. The maximum atomic E-state index is 12.8. The molecule has 1 amide bonds. The standard InChI is InChI=1S/C16H25N3O3S/c1-3-11-23(21,22)19-10-5-4-8-15(19)16(20)18(2)13-14-7-6-9-17-12-14/h6-7,9,12,15H,3-5,8,10-11,13H2,1-2H3. The molecule has 128 valence electrons. The van der Waals surface area contributed by atoms with E-state index in [2.05, 4.69) is 4.98 Å². The van der Waals surface area contributed by atoms with Crippen molar-refractivity contribution in [2.75, 3.05) is 19.3 Å². The largest absolute Gasteiger partial charge is 0.340 e. The lowest BCUT2D eigenvalue weighted by molar-refractivity contribution is -0.135. The van der Waals surface area contributed by atoms with Crippen molar-refractivity contribution >= 4 is 15.9 Å². The molecule has 6 nitrogen and oxygen atoms in total. The number of aromatic nitrogens is 1. The van der Waals surface area contributed by atoms with Crippen molar-refractivity contribution in [1.82, 2.24) is 14.2 Å². The lowest BCUT2D eigenvalue weighted by atomic mass is 10.0. The van der Waals surface area contributed by atoms with Gasteiger partial charge in [0.25, 0.3) is 0 Å². The van der Waals surface area contributed by atoms with E-state index < -0.39 is 16.1 Å². The van der Waals surface area contributed by atoms with Gasteiger partial charge in [-0.3, -0.25) is 9.78 Å². The van der Waals surface area contributed by atoms with Crippen molar-refractivity contribution in [2.24, 2.45) is 0 Å². The number of sulfonamides is 1. The van der Waals surface area contributed by atoms with Gasteiger partial charge in [0.05, 0.1) is 5.75 Å². The molecular weight excluding hydrogens is 314 g/mol. The van der Waals surface area contributed by atoms with Crippen LogP contribution in [0.15, 0.2) is 24.5 Å². The highest BCUT2D eigenvalue weighted by atomic mass is 32.2. The molecule has 23 heavy (non-hydrogen) atoms. The van der Waals surface area contributed by atoms with Gasteiger partial charge in [0.2, 0.25) is 15.9 Å². The molecule has 0 aliphatic carbocycles. The molecule has 0 aromatic carbocycles. The second-order valence-electron chi connectivity index (χ2n) is 5.99. The number of carbonyl (C=O) groups is 1. The number of amides is 1. The summed E-state index contributed by atoms with van der Waals surface area (Å²) in [6, 6.07) is 3.16. The molecule has 0 spiro atoms. The van der Waals surface area contributed by atoms with Crippen molar-refractivity contribution in [3.63, 3.8) is 0 Å². The Kier molecular flexibility index (Phi) is 6.12. The van der Waals surface area contributed by atoms with Crippen LogP contribution in [-0.4, -0.2) is 53.9 Å². The topological polar surface area (TPSA) is 70.6 Å². The van der Waals surface area contributed by atoms with Crippen LogP contribution in [0.4, 0.5) is 0 Å². The fourth-order valence-electron chi connectivity index (χ4n) is 2.96. The number of rotatable bonds is 6. The van der Waals surface area contributed by atoms with Crippen LogP contribution in [0.25, 0.3) is 0 Å². The first-order valence-corrected chi connectivity index (χ1v) is 9.70. The molecule has 0 saturated carbocycles. The van der Waals surface area contributed by atoms with Gasteiger partial charge in [-0.25, -0.2) is 8.42 Å². The Bertz CT molecular complexity index is 619. The van der Waals surface area contributed by atoms with Gasteiger partial charge in [-0.15, -0.1) is 0 Å². The summed E-state index contributed by atoms with van der Waals surface area (Å²) in [5.74, 6) is -0.0310. The third-order valence-electron chi connectivity index (χ3n) is 4.08. The first kappa shape index (κ1) is 17.9. The first-order chi connectivity index (χ1) is 11.0. The minimum Gasteiger partial charge on any atom is -0.340 e. The van der Waals surface area contributed by atoms with Gasteiger partial charge in [0.1, 0.15) is 6.04 Å². The van der Waals surface area contributed by atoms with Crippen LogP contribution in [0.1, 0.15) is 38.2 Å². The molecule has 2 heterocycles. The Morgan fingerprint density at radius 3 is 2.87 bits per heavy atom. The number of likely N-dealkylation sites (N-methyl/N-ethyl adjacent to an activating group) is 1. The Morgan fingerprint density at radius 2 is 2.22 bits per heavy atom. The molecule has 2 rings (SSSR count). The van der Waals surface area contributed by atoms with E-state index in [4.69, 9.17) is 0 Å². The fraction of sp³-hybridized carbons (Fsp3) is 0.625. The molecule has 1 aromatic rings. The van der Waals surface area contributed by atoms with Crippen LogP contribution in [0, 0.1) is 0 Å². The molecule has 1 unspecified atom stereocenters. The molecule has 0 bridgehead atoms. The molecule has 1 aliphatic rings. The van der Waals surface area contributed by atoms with Crippen molar-refractivity contribution in [1.29, 1.82) is 0 Å². The molecule has 1 aromatic heterocycles. The van der Waals surface area contributed by atoms with Crippen molar-refractivity contribution in [3.8, 4) is 0 Å².